The van der Waals surface area contributed by atoms with Crippen molar-refractivity contribution >= 4 is 17.8 Å². The van der Waals surface area contributed by atoms with Crippen LogP contribution in [0.1, 0.15) is 11.1 Å². The fourth-order valence-electron chi connectivity index (χ4n) is 1.73. The van der Waals surface area contributed by atoms with Gasteiger partial charge in [0.25, 0.3) is 0 Å². The van der Waals surface area contributed by atoms with E-state index in [1.54, 1.807) is 0 Å². The Morgan fingerprint density at radius 2 is 1.50 bits per heavy atom. The average Bonchev–Trinajstić information content (AvgIpc) is 3.03. The summed E-state index contributed by atoms with van der Waals surface area (Å²) in [7, 11) is 0. The molecule has 20 heavy (non-hydrogen) atoms. The zero-order valence-electron chi connectivity index (χ0n) is 11.2. The predicted molar refractivity (Wildman–Crippen MR) is 82.2 cm³/mol. The largest absolute Gasteiger partial charge is 0.188 e. The molecule has 0 fully saturated rings. The molecule has 0 saturated carbocycles. The van der Waals surface area contributed by atoms with E-state index in [9.17, 15) is 0 Å². The monoisotopic (exact) mass is 286 g/mol. The standard InChI is InChI=1S/C9H10N3.C7H7Cl/c1-2-4-9(5-3-1)8-12-7-6-10-11-12;8-6-7-4-2-1-3-5-7/h1-6H,7-8H2;1-5H,6H2/q+1;. The van der Waals surface area contributed by atoms with Gasteiger partial charge in [-0.2, -0.15) is 4.70 Å². The van der Waals surface area contributed by atoms with Gasteiger partial charge in [-0.3, -0.25) is 0 Å². The highest BCUT2D eigenvalue weighted by Gasteiger charge is 2.08. The minimum Gasteiger partial charge on any atom is -0.153 e. The van der Waals surface area contributed by atoms with Crippen molar-refractivity contribution in [2.24, 2.45) is 10.3 Å². The van der Waals surface area contributed by atoms with E-state index in [4.69, 9.17) is 11.6 Å². The number of hydrogen-bond donors (Lipinski definition) is 0. The molecule has 4 heteroatoms. The second-order valence-electron chi connectivity index (χ2n) is 4.34. The van der Waals surface area contributed by atoms with E-state index < -0.39 is 0 Å². The molecule has 0 bridgehead atoms. The first-order chi connectivity index (χ1) is 9.88. The van der Waals surface area contributed by atoms with Gasteiger partial charge >= 0.3 is 0 Å². The second kappa shape index (κ2) is 8.23. The van der Waals surface area contributed by atoms with E-state index >= 15 is 0 Å². The van der Waals surface area contributed by atoms with Crippen LogP contribution in [0.3, 0.4) is 0 Å². The highest BCUT2D eigenvalue weighted by atomic mass is 35.5. The maximum atomic E-state index is 5.53. The summed E-state index contributed by atoms with van der Waals surface area (Å²) in [6, 6.07) is 20.2. The Morgan fingerprint density at radius 1 is 0.900 bits per heavy atom. The van der Waals surface area contributed by atoms with Gasteiger partial charge in [0.2, 0.25) is 0 Å². The third kappa shape index (κ3) is 4.94. The molecule has 1 aliphatic rings. The zero-order chi connectivity index (χ0) is 14.0. The number of hydrogen-bond acceptors (Lipinski definition) is 2. The molecule has 102 valence electrons. The third-order valence-electron chi connectivity index (χ3n) is 2.76. The van der Waals surface area contributed by atoms with E-state index in [2.05, 4.69) is 22.5 Å². The van der Waals surface area contributed by atoms with Crippen molar-refractivity contribution in [2.45, 2.75) is 12.4 Å². The molecule has 0 N–H and O–H groups in total. The fraction of sp³-hybridized carbons (Fsp3) is 0.188. The molecule has 0 atom stereocenters. The van der Waals surface area contributed by atoms with Gasteiger partial charge in [-0.25, -0.2) is 0 Å². The molecule has 0 aromatic heterocycles. The quantitative estimate of drug-likeness (QED) is 0.601. The number of halogens is 1. The summed E-state index contributed by atoms with van der Waals surface area (Å²) in [6.07, 6.45) is 1.81. The first-order valence-electron chi connectivity index (χ1n) is 6.49. The minimum absolute atomic E-state index is 0.612. The van der Waals surface area contributed by atoms with E-state index in [-0.39, 0.29) is 0 Å². The van der Waals surface area contributed by atoms with Crippen molar-refractivity contribution in [3.8, 4) is 0 Å². The Hall–Kier alpha value is -2.00. The van der Waals surface area contributed by atoms with Gasteiger partial charge in [0, 0.05) is 5.88 Å². The number of nitrogens with zero attached hydrogens (tertiary/aromatic N) is 3. The lowest BCUT2D eigenvalue weighted by atomic mass is 10.2. The van der Waals surface area contributed by atoms with Crippen LogP contribution in [0.5, 0.6) is 0 Å². The molecule has 2 aromatic carbocycles. The van der Waals surface area contributed by atoms with Crippen LogP contribution in [0.2, 0.25) is 0 Å². The first kappa shape index (κ1) is 14.4. The van der Waals surface area contributed by atoms with E-state index in [0.717, 1.165) is 13.1 Å². The van der Waals surface area contributed by atoms with Gasteiger partial charge in [-0.05, 0) is 11.1 Å². The first-order valence-corrected chi connectivity index (χ1v) is 7.03. The van der Waals surface area contributed by atoms with Crippen molar-refractivity contribution < 1.29 is 4.70 Å². The summed E-state index contributed by atoms with van der Waals surface area (Å²) < 4.78 is 1.93. The van der Waals surface area contributed by atoms with Crippen LogP contribution in [0.4, 0.5) is 0 Å². The lowest BCUT2D eigenvalue weighted by Crippen LogP contribution is -2.07. The molecule has 0 spiro atoms. The van der Waals surface area contributed by atoms with Crippen molar-refractivity contribution in [3.05, 3.63) is 71.8 Å². The van der Waals surface area contributed by atoms with Gasteiger partial charge in [0.05, 0.1) is 5.10 Å². The Balaban J connectivity index is 0.000000160. The maximum Gasteiger partial charge on any atom is 0.188 e. The number of rotatable bonds is 3. The molecule has 0 unspecified atom stereocenters. The lowest BCUT2D eigenvalue weighted by molar-refractivity contribution is -0.591. The molecule has 0 radical (unpaired) electrons. The Bertz CT molecular complexity index is 565. The van der Waals surface area contributed by atoms with E-state index in [1.165, 1.54) is 11.1 Å². The van der Waals surface area contributed by atoms with Crippen LogP contribution in [-0.4, -0.2) is 17.5 Å². The van der Waals surface area contributed by atoms with Crippen LogP contribution < -0.4 is 0 Å². The van der Waals surface area contributed by atoms with Gasteiger partial charge < -0.3 is 0 Å². The fourth-order valence-corrected chi connectivity index (χ4v) is 1.91. The predicted octanol–water partition coefficient (Wildman–Crippen LogP) is 4.08. The van der Waals surface area contributed by atoms with Gasteiger partial charge in [-0.15, -0.1) is 11.6 Å². The third-order valence-corrected chi connectivity index (χ3v) is 3.07. The molecule has 0 saturated heterocycles. The van der Waals surface area contributed by atoms with Gasteiger partial charge in [0.15, 0.2) is 12.8 Å². The van der Waals surface area contributed by atoms with Crippen LogP contribution in [0, 0.1) is 0 Å². The van der Waals surface area contributed by atoms with Crippen LogP contribution in [0.15, 0.2) is 71.0 Å². The van der Waals surface area contributed by atoms with Crippen LogP contribution >= 0.6 is 11.6 Å². The van der Waals surface area contributed by atoms with Crippen LogP contribution in [0.25, 0.3) is 0 Å². The van der Waals surface area contributed by atoms with E-state index in [0.29, 0.717) is 5.88 Å². The van der Waals surface area contributed by atoms with Gasteiger partial charge in [-0.1, -0.05) is 60.7 Å². The van der Waals surface area contributed by atoms with Gasteiger partial charge in [0.1, 0.15) is 11.8 Å². The molecule has 1 heterocycles. The van der Waals surface area contributed by atoms with Crippen molar-refractivity contribution in [1.82, 2.24) is 0 Å². The summed E-state index contributed by atoms with van der Waals surface area (Å²) in [5.74, 6) is 0.612. The lowest BCUT2D eigenvalue weighted by Gasteiger charge is -1.96. The summed E-state index contributed by atoms with van der Waals surface area (Å²) in [5, 5.41) is 7.72. The highest BCUT2D eigenvalue weighted by molar-refractivity contribution is 6.17. The Labute approximate surface area is 124 Å². The number of benzene rings is 2. The minimum atomic E-state index is 0.612. The van der Waals surface area contributed by atoms with Crippen molar-refractivity contribution in [1.29, 1.82) is 0 Å². The maximum absolute atomic E-state index is 5.53. The molecule has 2 aromatic rings. The summed E-state index contributed by atoms with van der Waals surface area (Å²) >= 11 is 5.53. The van der Waals surface area contributed by atoms with Crippen molar-refractivity contribution in [3.63, 3.8) is 0 Å². The molecular formula is C16H17ClN3+. The smallest absolute Gasteiger partial charge is 0.153 e. The molecule has 0 amide bonds. The second-order valence-corrected chi connectivity index (χ2v) is 4.61. The summed E-state index contributed by atoms with van der Waals surface area (Å²) in [4.78, 5) is 0. The van der Waals surface area contributed by atoms with Crippen molar-refractivity contribution in [2.75, 3.05) is 6.54 Å². The Morgan fingerprint density at radius 3 is 1.95 bits per heavy atom. The number of alkyl halides is 1. The highest BCUT2D eigenvalue weighted by Crippen LogP contribution is 2.02. The molecule has 0 aliphatic carbocycles. The normalized spacial score (nSPS) is 12.6. The molecule has 3 rings (SSSR count). The van der Waals surface area contributed by atoms with E-state index in [1.807, 2.05) is 59.4 Å². The Kier molecular flexibility index (Phi) is 5.93. The molecule has 3 nitrogen and oxygen atoms in total. The summed E-state index contributed by atoms with van der Waals surface area (Å²) in [5.41, 5.74) is 2.45. The average molecular weight is 287 g/mol. The summed E-state index contributed by atoms with van der Waals surface area (Å²) in [6.45, 7) is 1.68. The zero-order valence-corrected chi connectivity index (χ0v) is 11.9. The molecular weight excluding hydrogens is 270 g/mol. The van der Waals surface area contributed by atoms with Crippen LogP contribution in [-0.2, 0) is 12.4 Å². The molecule has 1 aliphatic heterocycles. The topological polar surface area (TPSA) is 27.7 Å². The SMILES string of the molecule is C1=NN=[N+](Cc2ccccc2)C1.ClCc1ccccc1.